The molecule has 1 aliphatic carbocycles. The lowest BCUT2D eigenvalue weighted by atomic mass is 9.81. The molecule has 1 atom stereocenters. The van der Waals surface area contributed by atoms with Gasteiger partial charge in [0.15, 0.2) is 0 Å². The number of rotatable bonds is 1. The molecule has 0 radical (unpaired) electrons. The van der Waals surface area contributed by atoms with Crippen LogP contribution >= 0.6 is 0 Å². The van der Waals surface area contributed by atoms with Crippen LogP contribution in [0.3, 0.4) is 0 Å². The molecule has 1 aromatic carbocycles. The van der Waals surface area contributed by atoms with Crippen LogP contribution in [0.1, 0.15) is 35.4 Å². The number of methoxy groups -OCH3 is 1. The van der Waals surface area contributed by atoms with Crippen LogP contribution in [0.4, 0.5) is 4.39 Å². The quantitative estimate of drug-likeness (QED) is 0.683. The fourth-order valence-corrected chi connectivity index (χ4v) is 2.48. The third-order valence-electron chi connectivity index (χ3n) is 3.25. The molecule has 0 N–H and O–H groups in total. The van der Waals surface area contributed by atoms with E-state index < -0.39 is 0 Å². The molecular formula is C13H15FO2. The van der Waals surface area contributed by atoms with Crippen molar-refractivity contribution in [1.82, 2.24) is 0 Å². The van der Waals surface area contributed by atoms with Gasteiger partial charge in [-0.25, -0.2) is 4.39 Å². The molecule has 16 heavy (non-hydrogen) atoms. The summed E-state index contributed by atoms with van der Waals surface area (Å²) < 4.78 is 18.1. The SMILES string of the molecule is COC(=O)C1CCCc2c(C)cc(F)cc21. The topological polar surface area (TPSA) is 26.3 Å². The average Bonchev–Trinajstić information content (AvgIpc) is 2.27. The molecule has 0 aromatic heterocycles. The lowest BCUT2D eigenvalue weighted by molar-refractivity contribution is -0.142. The number of halogens is 1. The van der Waals surface area contributed by atoms with E-state index in [0.717, 1.165) is 36.0 Å². The summed E-state index contributed by atoms with van der Waals surface area (Å²) in [5.41, 5.74) is 2.86. The number of hydrogen-bond acceptors (Lipinski definition) is 2. The van der Waals surface area contributed by atoms with Crippen LogP contribution in [0, 0.1) is 12.7 Å². The van der Waals surface area contributed by atoms with Crippen molar-refractivity contribution >= 4 is 5.97 Å². The Morgan fingerprint density at radius 1 is 1.50 bits per heavy atom. The number of hydrogen-bond donors (Lipinski definition) is 0. The van der Waals surface area contributed by atoms with Crippen molar-refractivity contribution in [2.45, 2.75) is 32.1 Å². The maximum absolute atomic E-state index is 13.3. The van der Waals surface area contributed by atoms with E-state index in [-0.39, 0.29) is 17.7 Å². The van der Waals surface area contributed by atoms with Crippen molar-refractivity contribution in [3.8, 4) is 0 Å². The Morgan fingerprint density at radius 2 is 2.25 bits per heavy atom. The second kappa shape index (κ2) is 4.24. The first-order chi connectivity index (χ1) is 7.63. The van der Waals surface area contributed by atoms with Gasteiger partial charge in [0, 0.05) is 0 Å². The summed E-state index contributed by atoms with van der Waals surface area (Å²) in [5, 5.41) is 0. The molecule has 1 aromatic rings. The first-order valence-corrected chi connectivity index (χ1v) is 5.50. The number of ether oxygens (including phenoxy) is 1. The van der Waals surface area contributed by atoms with E-state index in [0.29, 0.717) is 0 Å². The Kier molecular flexibility index (Phi) is 2.95. The molecule has 1 aliphatic rings. The molecular weight excluding hydrogens is 207 g/mol. The number of fused-ring (bicyclic) bond motifs is 1. The maximum Gasteiger partial charge on any atom is 0.313 e. The van der Waals surface area contributed by atoms with Crippen LogP contribution in [0.25, 0.3) is 0 Å². The number of aryl methyl sites for hydroxylation is 1. The van der Waals surface area contributed by atoms with Crippen molar-refractivity contribution < 1.29 is 13.9 Å². The molecule has 0 saturated heterocycles. The lowest BCUT2D eigenvalue weighted by Crippen LogP contribution is -2.20. The highest BCUT2D eigenvalue weighted by Gasteiger charge is 2.28. The second-order valence-electron chi connectivity index (χ2n) is 4.26. The van der Waals surface area contributed by atoms with E-state index in [9.17, 15) is 9.18 Å². The van der Waals surface area contributed by atoms with Crippen LogP contribution in [-0.4, -0.2) is 13.1 Å². The first kappa shape index (κ1) is 11.1. The van der Waals surface area contributed by atoms with Crippen LogP contribution < -0.4 is 0 Å². The second-order valence-corrected chi connectivity index (χ2v) is 4.26. The smallest absolute Gasteiger partial charge is 0.313 e. The molecule has 3 heteroatoms. The fraction of sp³-hybridized carbons (Fsp3) is 0.462. The van der Waals surface area contributed by atoms with Crippen molar-refractivity contribution in [2.75, 3.05) is 7.11 Å². The van der Waals surface area contributed by atoms with Crippen LogP contribution in [0.2, 0.25) is 0 Å². The van der Waals surface area contributed by atoms with Crippen LogP contribution in [0.15, 0.2) is 12.1 Å². The van der Waals surface area contributed by atoms with E-state index in [4.69, 9.17) is 4.74 Å². The van der Waals surface area contributed by atoms with Gasteiger partial charge in [0.25, 0.3) is 0 Å². The third-order valence-corrected chi connectivity index (χ3v) is 3.25. The number of carbonyl (C=O) groups is 1. The normalized spacial score (nSPS) is 19.1. The Bertz CT molecular complexity index is 426. The molecule has 0 heterocycles. The highest BCUT2D eigenvalue weighted by atomic mass is 19.1. The minimum Gasteiger partial charge on any atom is -0.469 e. The van der Waals surface area contributed by atoms with E-state index >= 15 is 0 Å². The van der Waals surface area contributed by atoms with E-state index in [1.807, 2.05) is 6.92 Å². The molecule has 0 bridgehead atoms. The Labute approximate surface area is 94.4 Å². The zero-order valence-corrected chi connectivity index (χ0v) is 9.55. The minimum atomic E-state index is -0.289. The third kappa shape index (κ3) is 1.82. The summed E-state index contributed by atoms with van der Waals surface area (Å²) in [6.45, 7) is 1.89. The summed E-state index contributed by atoms with van der Waals surface area (Å²) >= 11 is 0. The predicted molar refractivity (Wildman–Crippen MR) is 58.8 cm³/mol. The summed E-state index contributed by atoms with van der Waals surface area (Å²) in [7, 11) is 1.38. The molecule has 2 rings (SSSR count). The molecule has 86 valence electrons. The molecule has 0 spiro atoms. The van der Waals surface area contributed by atoms with E-state index in [1.165, 1.54) is 19.2 Å². The minimum absolute atomic E-state index is 0.258. The maximum atomic E-state index is 13.3. The van der Waals surface area contributed by atoms with Gasteiger partial charge in [0.2, 0.25) is 0 Å². The zero-order valence-electron chi connectivity index (χ0n) is 9.55. The van der Waals surface area contributed by atoms with Crippen molar-refractivity contribution in [3.05, 3.63) is 34.6 Å². The van der Waals surface area contributed by atoms with Crippen LogP contribution in [-0.2, 0) is 16.0 Å². The molecule has 1 unspecified atom stereocenters. The molecule has 0 aliphatic heterocycles. The van der Waals surface area contributed by atoms with Crippen LogP contribution in [0.5, 0.6) is 0 Å². The van der Waals surface area contributed by atoms with Gasteiger partial charge in [-0.15, -0.1) is 0 Å². The molecule has 0 saturated carbocycles. The van der Waals surface area contributed by atoms with Gasteiger partial charge >= 0.3 is 5.97 Å². The number of carbonyl (C=O) groups excluding carboxylic acids is 1. The highest BCUT2D eigenvalue weighted by molar-refractivity contribution is 5.79. The van der Waals surface area contributed by atoms with Gasteiger partial charge < -0.3 is 4.74 Å². The van der Waals surface area contributed by atoms with Gasteiger partial charge in [0.05, 0.1) is 13.0 Å². The Balaban J connectivity index is 2.49. The Hall–Kier alpha value is -1.38. The van der Waals surface area contributed by atoms with Crippen molar-refractivity contribution in [3.63, 3.8) is 0 Å². The number of esters is 1. The summed E-state index contributed by atoms with van der Waals surface area (Å²) in [5.74, 6) is -0.818. The monoisotopic (exact) mass is 222 g/mol. The summed E-state index contributed by atoms with van der Waals surface area (Å²) in [6.07, 6.45) is 2.64. The van der Waals surface area contributed by atoms with Gasteiger partial charge in [0.1, 0.15) is 5.82 Å². The van der Waals surface area contributed by atoms with Gasteiger partial charge in [-0.2, -0.15) is 0 Å². The zero-order chi connectivity index (χ0) is 11.7. The standard InChI is InChI=1S/C13H15FO2/c1-8-6-9(14)7-12-10(8)4-3-5-11(12)13(15)16-2/h6-7,11H,3-5H2,1-2H3. The molecule has 0 amide bonds. The summed E-state index contributed by atoms with van der Waals surface area (Å²) in [6, 6.07) is 3.00. The first-order valence-electron chi connectivity index (χ1n) is 5.50. The lowest BCUT2D eigenvalue weighted by Gasteiger charge is -2.25. The van der Waals surface area contributed by atoms with E-state index in [1.54, 1.807) is 0 Å². The molecule has 0 fully saturated rings. The predicted octanol–water partition coefficient (Wildman–Crippen LogP) is 2.73. The Morgan fingerprint density at radius 3 is 2.94 bits per heavy atom. The van der Waals surface area contributed by atoms with E-state index in [2.05, 4.69) is 0 Å². The van der Waals surface area contributed by atoms with Gasteiger partial charge in [-0.05, 0) is 55.0 Å². The highest BCUT2D eigenvalue weighted by Crippen LogP contribution is 2.34. The van der Waals surface area contributed by atoms with Gasteiger partial charge in [-0.3, -0.25) is 4.79 Å². The summed E-state index contributed by atoms with van der Waals surface area (Å²) in [4.78, 5) is 11.6. The van der Waals surface area contributed by atoms with Crippen molar-refractivity contribution in [1.29, 1.82) is 0 Å². The van der Waals surface area contributed by atoms with Gasteiger partial charge in [-0.1, -0.05) is 0 Å². The molecule has 2 nitrogen and oxygen atoms in total. The number of benzene rings is 1. The average molecular weight is 222 g/mol. The largest absolute Gasteiger partial charge is 0.469 e. The fourth-order valence-electron chi connectivity index (χ4n) is 2.48. The van der Waals surface area contributed by atoms with Crippen molar-refractivity contribution in [2.24, 2.45) is 0 Å².